The van der Waals surface area contributed by atoms with Crippen molar-refractivity contribution in [1.82, 2.24) is 0 Å². The van der Waals surface area contributed by atoms with E-state index >= 15 is 0 Å². The lowest BCUT2D eigenvalue weighted by Crippen LogP contribution is -2.15. The first-order chi connectivity index (χ1) is 7.13. The van der Waals surface area contributed by atoms with Crippen LogP contribution in [0.15, 0.2) is 18.2 Å². The topological polar surface area (TPSA) is 55.1 Å². The van der Waals surface area contributed by atoms with E-state index in [-0.39, 0.29) is 5.91 Å². The molecule has 1 aromatic carbocycles. The Labute approximate surface area is 92.2 Å². The van der Waals surface area contributed by atoms with Gasteiger partial charge in [0.05, 0.1) is 17.1 Å². The predicted octanol–water partition coefficient (Wildman–Crippen LogP) is 2.10. The number of thioether (sulfide) groups is 1. The minimum absolute atomic E-state index is 0.167. The van der Waals surface area contributed by atoms with E-state index in [2.05, 4.69) is 5.32 Å². The van der Waals surface area contributed by atoms with Crippen molar-refractivity contribution < 1.29 is 9.18 Å². The zero-order valence-electron chi connectivity index (χ0n) is 8.42. The molecule has 3 N–H and O–H groups in total. The Morgan fingerprint density at radius 1 is 1.60 bits per heavy atom. The summed E-state index contributed by atoms with van der Waals surface area (Å²) >= 11 is 1.50. The highest BCUT2D eigenvalue weighted by Gasteiger charge is 2.05. The zero-order chi connectivity index (χ0) is 11.3. The first-order valence-electron chi connectivity index (χ1n) is 4.56. The Bertz CT molecular complexity index is 357. The maximum Gasteiger partial charge on any atom is 0.234 e. The highest BCUT2D eigenvalue weighted by atomic mass is 32.2. The van der Waals surface area contributed by atoms with Crippen molar-refractivity contribution in [3.63, 3.8) is 0 Å². The largest absolute Gasteiger partial charge is 0.397 e. The van der Waals surface area contributed by atoms with E-state index in [1.165, 1.54) is 30.0 Å². The molecule has 15 heavy (non-hydrogen) atoms. The summed E-state index contributed by atoms with van der Waals surface area (Å²) in [5.41, 5.74) is 6.28. The van der Waals surface area contributed by atoms with Gasteiger partial charge in [-0.1, -0.05) is 6.92 Å². The summed E-state index contributed by atoms with van der Waals surface area (Å²) in [5.74, 6) is 0.639. The van der Waals surface area contributed by atoms with E-state index in [0.29, 0.717) is 17.1 Å². The summed E-state index contributed by atoms with van der Waals surface area (Å²) < 4.78 is 12.8. The van der Waals surface area contributed by atoms with Gasteiger partial charge >= 0.3 is 0 Å². The fourth-order valence-corrected chi connectivity index (χ4v) is 1.48. The summed E-state index contributed by atoms with van der Waals surface area (Å²) in [6.45, 7) is 1.97. The molecule has 0 spiro atoms. The molecule has 1 rings (SSSR count). The van der Waals surface area contributed by atoms with Gasteiger partial charge in [0.15, 0.2) is 0 Å². The third-order valence-corrected chi connectivity index (χ3v) is 2.60. The molecule has 0 fully saturated rings. The van der Waals surface area contributed by atoms with Crippen LogP contribution in [0.1, 0.15) is 6.92 Å². The molecule has 5 heteroatoms. The Kier molecular flexibility index (Phi) is 4.42. The molecule has 0 aliphatic carbocycles. The second-order valence-electron chi connectivity index (χ2n) is 2.92. The number of carbonyl (C=O) groups excluding carboxylic acids is 1. The van der Waals surface area contributed by atoms with Gasteiger partial charge in [-0.15, -0.1) is 0 Å². The molecule has 0 atom stereocenters. The van der Waals surface area contributed by atoms with E-state index < -0.39 is 5.82 Å². The number of carbonyl (C=O) groups is 1. The van der Waals surface area contributed by atoms with Crippen molar-refractivity contribution in [3.8, 4) is 0 Å². The molecule has 0 saturated heterocycles. The second kappa shape index (κ2) is 5.60. The van der Waals surface area contributed by atoms with Crippen molar-refractivity contribution in [3.05, 3.63) is 24.0 Å². The third-order valence-electron chi connectivity index (χ3n) is 1.73. The van der Waals surface area contributed by atoms with E-state index in [1.807, 2.05) is 6.92 Å². The van der Waals surface area contributed by atoms with Gasteiger partial charge in [0.2, 0.25) is 5.91 Å². The van der Waals surface area contributed by atoms with Crippen LogP contribution in [0.4, 0.5) is 15.8 Å². The van der Waals surface area contributed by atoms with Crippen molar-refractivity contribution in [2.75, 3.05) is 22.6 Å². The minimum Gasteiger partial charge on any atom is -0.397 e. The molecule has 0 aromatic heterocycles. The molecule has 0 saturated carbocycles. The lowest BCUT2D eigenvalue weighted by atomic mass is 10.2. The summed E-state index contributed by atoms with van der Waals surface area (Å²) in [4.78, 5) is 11.3. The van der Waals surface area contributed by atoms with E-state index in [1.54, 1.807) is 0 Å². The number of anilines is 2. The van der Waals surface area contributed by atoms with Crippen molar-refractivity contribution in [1.29, 1.82) is 0 Å². The first-order valence-corrected chi connectivity index (χ1v) is 5.71. The number of amides is 1. The average molecular weight is 228 g/mol. The summed E-state index contributed by atoms with van der Waals surface area (Å²) in [6.07, 6.45) is 0. The smallest absolute Gasteiger partial charge is 0.234 e. The van der Waals surface area contributed by atoms with Crippen LogP contribution in [0, 0.1) is 5.82 Å². The van der Waals surface area contributed by atoms with Crippen LogP contribution in [0.5, 0.6) is 0 Å². The number of nitrogen functional groups attached to an aromatic ring is 1. The molecular formula is C10H13FN2OS. The number of nitrogens with one attached hydrogen (secondary N) is 1. The van der Waals surface area contributed by atoms with Crippen LogP contribution < -0.4 is 11.1 Å². The van der Waals surface area contributed by atoms with Gasteiger partial charge in [0.25, 0.3) is 0 Å². The lowest BCUT2D eigenvalue weighted by molar-refractivity contribution is -0.113. The molecule has 3 nitrogen and oxygen atoms in total. The minimum atomic E-state index is -0.414. The number of halogens is 1. The molecular weight excluding hydrogens is 215 g/mol. The van der Waals surface area contributed by atoms with E-state index in [4.69, 9.17) is 5.73 Å². The zero-order valence-corrected chi connectivity index (χ0v) is 9.23. The summed E-state index contributed by atoms with van der Waals surface area (Å²) in [7, 11) is 0. The first kappa shape index (κ1) is 11.8. The highest BCUT2D eigenvalue weighted by Crippen LogP contribution is 2.19. The Hall–Kier alpha value is -1.23. The molecule has 1 amide bonds. The molecule has 1 aromatic rings. The van der Waals surface area contributed by atoms with E-state index in [0.717, 1.165) is 5.75 Å². The quantitative estimate of drug-likeness (QED) is 0.776. The SMILES string of the molecule is CCSCC(=O)Nc1cc(F)ccc1N. The summed E-state index contributed by atoms with van der Waals surface area (Å²) in [6, 6.07) is 3.90. The molecule has 0 heterocycles. The van der Waals surface area contributed by atoms with Gasteiger partial charge in [-0.3, -0.25) is 4.79 Å². The second-order valence-corrected chi connectivity index (χ2v) is 4.19. The van der Waals surface area contributed by atoms with Crippen LogP contribution in [-0.2, 0) is 4.79 Å². The third kappa shape index (κ3) is 3.79. The van der Waals surface area contributed by atoms with Crippen LogP contribution in [0.25, 0.3) is 0 Å². The van der Waals surface area contributed by atoms with E-state index in [9.17, 15) is 9.18 Å². The number of benzene rings is 1. The maximum atomic E-state index is 12.8. The highest BCUT2D eigenvalue weighted by molar-refractivity contribution is 7.99. The summed E-state index contributed by atoms with van der Waals surface area (Å²) in [5, 5.41) is 2.56. The van der Waals surface area contributed by atoms with Crippen molar-refractivity contribution >= 4 is 29.0 Å². The predicted molar refractivity (Wildman–Crippen MR) is 62.4 cm³/mol. The maximum absolute atomic E-state index is 12.8. The van der Waals surface area contributed by atoms with Gasteiger partial charge in [0.1, 0.15) is 5.82 Å². The molecule has 0 bridgehead atoms. The molecule has 0 aliphatic heterocycles. The van der Waals surface area contributed by atoms with Gasteiger partial charge < -0.3 is 11.1 Å². The van der Waals surface area contributed by atoms with Gasteiger partial charge in [-0.25, -0.2) is 4.39 Å². The van der Waals surface area contributed by atoms with Crippen LogP contribution in [-0.4, -0.2) is 17.4 Å². The standard InChI is InChI=1S/C10H13FN2OS/c1-2-15-6-10(14)13-9-5-7(11)3-4-8(9)12/h3-5H,2,6,12H2,1H3,(H,13,14). The van der Waals surface area contributed by atoms with Crippen LogP contribution in [0.3, 0.4) is 0 Å². The van der Waals surface area contributed by atoms with Crippen molar-refractivity contribution in [2.45, 2.75) is 6.92 Å². The Balaban J connectivity index is 2.63. The Morgan fingerprint density at radius 2 is 2.33 bits per heavy atom. The Morgan fingerprint density at radius 3 is 3.00 bits per heavy atom. The molecule has 0 unspecified atom stereocenters. The number of hydrogen-bond acceptors (Lipinski definition) is 3. The van der Waals surface area contributed by atoms with Crippen LogP contribution >= 0.6 is 11.8 Å². The monoisotopic (exact) mass is 228 g/mol. The lowest BCUT2D eigenvalue weighted by Gasteiger charge is -2.07. The number of nitrogens with two attached hydrogens (primary N) is 1. The molecule has 0 aliphatic rings. The van der Waals surface area contributed by atoms with Crippen LogP contribution in [0.2, 0.25) is 0 Å². The van der Waals surface area contributed by atoms with Gasteiger partial charge in [-0.05, 0) is 24.0 Å². The number of rotatable bonds is 4. The molecule has 0 radical (unpaired) electrons. The normalized spacial score (nSPS) is 10.0. The van der Waals surface area contributed by atoms with Gasteiger partial charge in [0, 0.05) is 0 Å². The van der Waals surface area contributed by atoms with Gasteiger partial charge in [-0.2, -0.15) is 11.8 Å². The average Bonchev–Trinajstić information content (AvgIpc) is 2.20. The number of hydrogen-bond donors (Lipinski definition) is 2. The van der Waals surface area contributed by atoms with Crippen molar-refractivity contribution in [2.24, 2.45) is 0 Å². The fraction of sp³-hybridized carbons (Fsp3) is 0.300. The molecule has 82 valence electrons. The fourth-order valence-electron chi connectivity index (χ4n) is 1.02.